The number of hydrogen-bond donors (Lipinski definition) is 1. The van der Waals surface area contributed by atoms with Crippen molar-refractivity contribution in [1.82, 2.24) is 15.1 Å². The van der Waals surface area contributed by atoms with Crippen LogP contribution in [0.5, 0.6) is 5.75 Å². The van der Waals surface area contributed by atoms with Crippen molar-refractivity contribution >= 4 is 5.91 Å². The Morgan fingerprint density at radius 1 is 1.18 bits per heavy atom. The number of terminal acetylenes is 1. The molecule has 0 saturated heterocycles. The van der Waals surface area contributed by atoms with Gasteiger partial charge in [0.05, 0.1) is 6.54 Å². The minimum atomic E-state index is -0.444. The topological polar surface area (TPSA) is 97.9 Å². The van der Waals surface area contributed by atoms with Crippen LogP contribution in [0.1, 0.15) is 29.8 Å². The lowest BCUT2D eigenvalue weighted by atomic mass is 10.0. The molecule has 1 aromatic heterocycles. The normalized spacial score (nSPS) is 13.5. The lowest BCUT2D eigenvalue weighted by Crippen LogP contribution is -2.32. The Morgan fingerprint density at radius 2 is 1.96 bits per heavy atom. The van der Waals surface area contributed by atoms with E-state index in [4.69, 9.17) is 11.2 Å². The van der Waals surface area contributed by atoms with Crippen molar-refractivity contribution in [2.75, 3.05) is 13.2 Å². The maximum Gasteiger partial charge on any atom is 0.271 e. The fourth-order valence-electron chi connectivity index (χ4n) is 2.63. The predicted octanol–water partition coefficient (Wildman–Crippen LogP) is 2.02. The first kappa shape index (κ1) is 19.3. The van der Waals surface area contributed by atoms with Gasteiger partial charge in [0, 0.05) is 31.9 Å². The highest BCUT2D eigenvalue weighted by Crippen LogP contribution is 2.35. The van der Waals surface area contributed by atoms with Gasteiger partial charge in [0.2, 0.25) is 0 Å². The van der Waals surface area contributed by atoms with E-state index in [1.807, 2.05) is 30.3 Å². The molecule has 0 radical (unpaired) electrons. The molecule has 0 spiro atoms. The zero-order valence-corrected chi connectivity index (χ0v) is 15.4. The van der Waals surface area contributed by atoms with E-state index in [2.05, 4.69) is 26.6 Å². The first-order chi connectivity index (χ1) is 13.6. The van der Waals surface area contributed by atoms with Gasteiger partial charge in [-0.05, 0) is 18.2 Å². The number of aromatic nitrogens is 2. The van der Waals surface area contributed by atoms with Crippen molar-refractivity contribution in [3.05, 3.63) is 58.5 Å². The van der Waals surface area contributed by atoms with Gasteiger partial charge >= 0.3 is 0 Å². The molecule has 0 atom stereocenters. The lowest BCUT2D eigenvalue weighted by Gasteiger charge is -2.11. The van der Waals surface area contributed by atoms with E-state index >= 15 is 0 Å². The molecular formula is C20H21N5O3. The molecule has 0 fully saturated rings. The van der Waals surface area contributed by atoms with Crippen LogP contribution >= 0.6 is 0 Å². The minimum absolute atomic E-state index is 0.168. The molecule has 0 bridgehead atoms. The molecule has 144 valence electrons. The molecule has 3 rings (SSSR count). The van der Waals surface area contributed by atoms with Gasteiger partial charge in [-0.15, -0.1) is 12.3 Å². The number of rotatable bonds is 10. The van der Waals surface area contributed by atoms with Crippen molar-refractivity contribution in [3.63, 3.8) is 0 Å². The minimum Gasteiger partial charge on any atom is -0.492 e. The molecule has 8 heteroatoms. The summed E-state index contributed by atoms with van der Waals surface area (Å²) >= 11 is 0. The number of para-hydroxylation sites is 1. The largest absolute Gasteiger partial charge is 0.492 e. The Labute approximate surface area is 162 Å². The van der Waals surface area contributed by atoms with E-state index in [1.165, 1.54) is 16.8 Å². The molecule has 0 unspecified atom stereocenters. The standard InChI is InChI=1S/C20H21N5O3/c1-2-3-11-20(23-24-20)12-13-21-19(27)17-9-10-18(26)25(22-17)14-15-28-16-7-5-4-6-8-16/h1,4-10H,3,11-15H2,(H,21,27). The molecule has 1 N–H and O–H groups in total. The number of nitrogens with zero attached hydrogens (tertiary/aromatic N) is 4. The molecule has 1 aromatic carbocycles. The van der Waals surface area contributed by atoms with Gasteiger partial charge in [-0.3, -0.25) is 9.59 Å². The maximum absolute atomic E-state index is 12.3. The highest BCUT2D eigenvalue weighted by Gasteiger charge is 2.38. The van der Waals surface area contributed by atoms with Gasteiger partial charge in [0.25, 0.3) is 11.5 Å². The fraction of sp³-hybridized carbons (Fsp3) is 0.350. The maximum atomic E-state index is 12.3. The number of hydrogen-bond acceptors (Lipinski definition) is 6. The quantitative estimate of drug-likeness (QED) is 0.639. The van der Waals surface area contributed by atoms with Crippen LogP contribution in [0.3, 0.4) is 0 Å². The first-order valence-electron chi connectivity index (χ1n) is 9.04. The predicted molar refractivity (Wildman–Crippen MR) is 103 cm³/mol. The van der Waals surface area contributed by atoms with Crippen LogP contribution in [-0.2, 0) is 6.54 Å². The van der Waals surface area contributed by atoms with E-state index in [0.29, 0.717) is 31.6 Å². The van der Waals surface area contributed by atoms with Crippen molar-refractivity contribution in [1.29, 1.82) is 0 Å². The van der Waals surface area contributed by atoms with Gasteiger partial charge in [-0.2, -0.15) is 15.3 Å². The van der Waals surface area contributed by atoms with Crippen LogP contribution in [0.15, 0.2) is 57.5 Å². The summed E-state index contributed by atoms with van der Waals surface area (Å²) in [5.74, 6) is 2.92. The molecule has 1 amide bonds. The Morgan fingerprint density at radius 3 is 2.68 bits per heavy atom. The van der Waals surface area contributed by atoms with E-state index in [0.717, 1.165) is 0 Å². The monoisotopic (exact) mass is 379 g/mol. The van der Waals surface area contributed by atoms with Gasteiger partial charge in [0.15, 0.2) is 5.66 Å². The highest BCUT2D eigenvalue weighted by atomic mass is 16.5. The number of benzene rings is 1. The molecule has 1 aliphatic heterocycles. The van der Waals surface area contributed by atoms with Crippen molar-refractivity contribution in [2.45, 2.75) is 31.5 Å². The van der Waals surface area contributed by atoms with Gasteiger partial charge in [0.1, 0.15) is 18.1 Å². The van der Waals surface area contributed by atoms with Gasteiger partial charge in [-0.1, -0.05) is 18.2 Å². The van der Waals surface area contributed by atoms with Crippen LogP contribution in [0.4, 0.5) is 0 Å². The van der Waals surface area contributed by atoms with Gasteiger partial charge < -0.3 is 10.1 Å². The molecule has 2 aromatic rings. The number of ether oxygens (including phenoxy) is 1. The van der Waals surface area contributed by atoms with Crippen LogP contribution in [-0.4, -0.2) is 34.5 Å². The Bertz CT molecular complexity index is 940. The summed E-state index contributed by atoms with van der Waals surface area (Å²) in [6.45, 7) is 0.902. The smallest absolute Gasteiger partial charge is 0.271 e. The number of amides is 1. The third-order valence-corrected chi connectivity index (χ3v) is 4.28. The van der Waals surface area contributed by atoms with Gasteiger partial charge in [-0.25, -0.2) is 4.68 Å². The molecule has 8 nitrogen and oxygen atoms in total. The highest BCUT2D eigenvalue weighted by molar-refractivity contribution is 5.91. The molecule has 28 heavy (non-hydrogen) atoms. The Hall–Kier alpha value is -3.47. The summed E-state index contributed by atoms with van der Waals surface area (Å²) in [5, 5.41) is 15.0. The zero-order valence-electron chi connectivity index (χ0n) is 15.4. The Balaban J connectivity index is 1.50. The summed E-state index contributed by atoms with van der Waals surface area (Å²) in [6.07, 6.45) is 7.13. The summed E-state index contributed by atoms with van der Waals surface area (Å²) in [7, 11) is 0. The van der Waals surface area contributed by atoms with Crippen molar-refractivity contribution < 1.29 is 9.53 Å². The average molecular weight is 379 g/mol. The van der Waals surface area contributed by atoms with Crippen LogP contribution in [0.2, 0.25) is 0 Å². The van der Waals surface area contributed by atoms with E-state index in [-0.39, 0.29) is 30.3 Å². The SMILES string of the molecule is C#CCCC1(CCNC(=O)c2ccc(=O)n(CCOc3ccccc3)n2)N=N1. The second kappa shape index (κ2) is 8.95. The molecule has 2 heterocycles. The average Bonchev–Trinajstić information content (AvgIpc) is 3.48. The summed E-state index contributed by atoms with van der Waals surface area (Å²) in [4.78, 5) is 24.3. The molecule has 0 saturated carbocycles. The zero-order chi connectivity index (χ0) is 19.8. The van der Waals surface area contributed by atoms with E-state index < -0.39 is 5.66 Å². The van der Waals surface area contributed by atoms with E-state index in [9.17, 15) is 9.59 Å². The number of carbonyl (C=O) groups excluding carboxylic acids is 1. The third-order valence-electron chi connectivity index (χ3n) is 4.28. The van der Waals surface area contributed by atoms with E-state index in [1.54, 1.807) is 0 Å². The summed E-state index contributed by atoms with van der Waals surface area (Å²) in [6, 6.07) is 12.0. The first-order valence-corrected chi connectivity index (χ1v) is 9.04. The third kappa shape index (κ3) is 5.27. The second-order valence-corrected chi connectivity index (χ2v) is 6.33. The number of nitrogens with one attached hydrogen (secondary N) is 1. The van der Waals surface area contributed by atoms with Crippen molar-refractivity contribution in [3.8, 4) is 18.1 Å². The van der Waals surface area contributed by atoms with Crippen LogP contribution < -0.4 is 15.6 Å². The Kier molecular flexibility index (Phi) is 6.17. The second-order valence-electron chi connectivity index (χ2n) is 6.33. The van der Waals surface area contributed by atoms with Crippen LogP contribution in [0.25, 0.3) is 0 Å². The molecular weight excluding hydrogens is 358 g/mol. The fourth-order valence-corrected chi connectivity index (χ4v) is 2.63. The summed E-state index contributed by atoms with van der Waals surface area (Å²) in [5.41, 5.74) is -0.570. The lowest BCUT2D eigenvalue weighted by molar-refractivity contribution is 0.0944. The van der Waals surface area contributed by atoms with Crippen LogP contribution in [0, 0.1) is 12.3 Å². The van der Waals surface area contributed by atoms with Crippen molar-refractivity contribution in [2.24, 2.45) is 10.2 Å². The number of carbonyl (C=O) groups is 1. The molecule has 1 aliphatic rings. The molecule has 0 aliphatic carbocycles. The summed E-state index contributed by atoms with van der Waals surface area (Å²) < 4.78 is 6.79.